The van der Waals surface area contributed by atoms with Gasteiger partial charge in [0.1, 0.15) is 5.82 Å². The van der Waals surface area contributed by atoms with Crippen LogP contribution in [0.5, 0.6) is 0 Å². The first-order valence-corrected chi connectivity index (χ1v) is 8.10. The molecular weight excluding hydrogens is 262 g/mol. The molecule has 1 aromatic rings. The molecule has 0 radical (unpaired) electrons. The molecule has 118 valence electrons. The van der Waals surface area contributed by atoms with Crippen LogP contribution in [-0.4, -0.2) is 37.8 Å². The van der Waals surface area contributed by atoms with Gasteiger partial charge in [0.2, 0.25) is 0 Å². The summed E-state index contributed by atoms with van der Waals surface area (Å²) in [5, 5.41) is 0. The molecule has 1 aliphatic rings. The smallest absolute Gasteiger partial charge is 0.131 e. The molecule has 4 heteroatoms. The minimum absolute atomic E-state index is 0.233. The predicted molar refractivity (Wildman–Crippen MR) is 87.8 cm³/mol. The number of ether oxygens (including phenoxy) is 1. The van der Waals surface area contributed by atoms with Gasteiger partial charge in [-0.15, -0.1) is 0 Å². The molecule has 0 amide bonds. The first-order chi connectivity index (χ1) is 10.1. The molecule has 0 aliphatic carbocycles. The number of pyridine rings is 1. The van der Waals surface area contributed by atoms with Gasteiger partial charge in [-0.2, -0.15) is 0 Å². The summed E-state index contributed by atoms with van der Waals surface area (Å²) in [6, 6.07) is 2.47. The van der Waals surface area contributed by atoms with Crippen molar-refractivity contribution in [2.24, 2.45) is 11.7 Å². The third kappa shape index (κ3) is 4.68. The molecule has 2 rings (SSSR count). The van der Waals surface area contributed by atoms with Crippen molar-refractivity contribution >= 4 is 5.82 Å². The lowest BCUT2D eigenvalue weighted by molar-refractivity contribution is 0.0685. The van der Waals surface area contributed by atoms with Gasteiger partial charge in [-0.05, 0) is 49.7 Å². The maximum atomic E-state index is 6.03. The summed E-state index contributed by atoms with van der Waals surface area (Å²) in [6.45, 7) is 7.13. The second-order valence-electron chi connectivity index (χ2n) is 6.29. The lowest BCUT2D eigenvalue weighted by Gasteiger charge is -2.28. The highest BCUT2D eigenvalue weighted by Crippen LogP contribution is 2.22. The SMILES string of the molecule is CCC(N)Cc1cnc(N(C)CC2CCOCC2)c(C)c1. The van der Waals surface area contributed by atoms with Gasteiger partial charge in [0.15, 0.2) is 0 Å². The molecule has 1 unspecified atom stereocenters. The first kappa shape index (κ1) is 16.2. The monoisotopic (exact) mass is 291 g/mol. The Morgan fingerprint density at radius 2 is 2.14 bits per heavy atom. The molecule has 2 N–H and O–H groups in total. The third-order valence-electron chi connectivity index (χ3n) is 4.36. The van der Waals surface area contributed by atoms with Crippen molar-refractivity contribution in [2.45, 2.75) is 45.6 Å². The number of anilines is 1. The average Bonchev–Trinajstić information content (AvgIpc) is 2.48. The van der Waals surface area contributed by atoms with Crippen LogP contribution in [0.25, 0.3) is 0 Å². The molecule has 0 bridgehead atoms. The van der Waals surface area contributed by atoms with Crippen molar-refractivity contribution in [1.82, 2.24) is 4.98 Å². The van der Waals surface area contributed by atoms with Crippen molar-refractivity contribution < 1.29 is 4.74 Å². The van der Waals surface area contributed by atoms with Gasteiger partial charge < -0.3 is 15.4 Å². The van der Waals surface area contributed by atoms with E-state index in [4.69, 9.17) is 10.5 Å². The maximum Gasteiger partial charge on any atom is 0.131 e. The number of nitrogens with zero attached hydrogens (tertiary/aromatic N) is 2. The molecular formula is C17H29N3O. The van der Waals surface area contributed by atoms with Crippen LogP contribution < -0.4 is 10.6 Å². The molecule has 0 aromatic carbocycles. The second kappa shape index (κ2) is 7.76. The summed E-state index contributed by atoms with van der Waals surface area (Å²) < 4.78 is 5.43. The summed E-state index contributed by atoms with van der Waals surface area (Å²) in [7, 11) is 2.14. The summed E-state index contributed by atoms with van der Waals surface area (Å²) in [5.41, 5.74) is 8.51. The fourth-order valence-corrected chi connectivity index (χ4v) is 2.99. The largest absolute Gasteiger partial charge is 0.381 e. The van der Waals surface area contributed by atoms with Crippen LogP contribution >= 0.6 is 0 Å². The number of aryl methyl sites for hydroxylation is 1. The highest BCUT2D eigenvalue weighted by atomic mass is 16.5. The molecule has 4 nitrogen and oxygen atoms in total. The number of hydrogen-bond acceptors (Lipinski definition) is 4. The van der Waals surface area contributed by atoms with E-state index in [0.29, 0.717) is 0 Å². The fourth-order valence-electron chi connectivity index (χ4n) is 2.99. The van der Waals surface area contributed by atoms with E-state index in [1.54, 1.807) is 0 Å². The third-order valence-corrected chi connectivity index (χ3v) is 4.36. The van der Waals surface area contributed by atoms with Gasteiger partial charge in [0, 0.05) is 39.0 Å². The van der Waals surface area contributed by atoms with E-state index in [9.17, 15) is 0 Å². The number of hydrogen-bond donors (Lipinski definition) is 1. The zero-order valence-corrected chi connectivity index (χ0v) is 13.6. The Hall–Kier alpha value is -1.13. The number of nitrogens with two attached hydrogens (primary N) is 1. The van der Waals surface area contributed by atoms with Gasteiger partial charge in [-0.25, -0.2) is 4.98 Å². The number of aromatic nitrogens is 1. The Morgan fingerprint density at radius 1 is 1.43 bits per heavy atom. The minimum Gasteiger partial charge on any atom is -0.381 e. The molecule has 1 aromatic heterocycles. The molecule has 1 fully saturated rings. The number of rotatable bonds is 6. The van der Waals surface area contributed by atoms with E-state index >= 15 is 0 Å². The van der Waals surface area contributed by atoms with E-state index in [-0.39, 0.29) is 6.04 Å². The van der Waals surface area contributed by atoms with Crippen LogP contribution in [-0.2, 0) is 11.2 Å². The van der Waals surface area contributed by atoms with E-state index in [1.165, 1.54) is 11.1 Å². The molecule has 0 saturated carbocycles. The summed E-state index contributed by atoms with van der Waals surface area (Å²) >= 11 is 0. The summed E-state index contributed by atoms with van der Waals surface area (Å²) in [6.07, 6.45) is 6.22. The van der Waals surface area contributed by atoms with E-state index in [1.807, 2.05) is 6.20 Å². The second-order valence-corrected chi connectivity index (χ2v) is 6.29. The fraction of sp³-hybridized carbons (Fsp3) is 0.706. The minimum atomic E-state index is 0.233. The zero-order chi connectivity index (χ0) is 15.2. The maximum absolute atomic E-state index is 6.03. The standard InChI is InChI=1S/C17H29N3O/c1-4-16(18)10-15-9-13(2)17(19-11-15)20(3)12-14-5-7-21-8-6-14/h9,11,14,16H,4-8,10,12,18H2,1-3H3. The Balaban J connectivity index is 1.98. The highest BCUT2D eigenvalue weighted by molar-refractivity contribution is 5.46. The Morgan fingerprint density at radius 3 is 2.76 bits per heavy atom. The zero-order valence-electron chi connectivity index (χ0n) is 13.6. The van der Waals surface area contributed by atoms with E-state index in [2.05, 4.69) is 36.8 Å². The van der Waals surface area contributed by atoms with Gasteiger partial charge in [-0.1, -0.05) is 13.0 Å². The van der Waals surface area contributed by atoms with Gasteiger partial charge in [-0.3, -0.25) is 0 Å². The molecule has 21 heavy (non-hydrogen) atoms. The first-order valence-electron chi connectivity index (χ1n) is 8.10. The summed E-state index contributed by atoms with van der Waals surface area (Å²) in [5.74, 6) is 1.81. The van der Waals surface area contributed by atoms with Crippen molar-refractivity contribution in [3.8, 4) is 0 Å². The van der Waals surface area contributed by atoms with Crippen LogP contribution in [0.3, 0.4) is 0 Å². The average molecular weight is 291 g/mol. The Bertz CT molecular complexity index is 444. The normalized spacial score (nSPS) is 17.7. The topological polar surface area (TPSA) is 51.4 Å². The van der Waals surface area contributed by atoms with E-state index < -0.39 is 0 Å². The van der Waals surface area contributed by atoms with Gasteiger partial charge in [0.25, 0.3) is 0 Å². The summed E-state index contributed by atoms with van der Waals surface area (Å²) in [4.78, 5) is 6.96. The van der Waals surface area contributed by atoms with Crippen molar-refractivity contribution in [3.63, 3.8) is 0 Å². The molecule has 2 heterocycles. The van der Waals surface area contributed by atoms with Gasteiger partial charge in [0.05, 0.1) is 0 Å². The molecule has 1 saturated heterocycles. The van der Waals surface area contributed by atoms with Crippen LogP contribution in [0, 0.1) is 12.8 Å². The van der Waals surface area contributed by atoms with Crippen LogP contribution in [0.1, 0.15) is 37.3 Å². The van der Waals surface area contributed by atoms with Crippen LogP contribution in [0.4, 0.5) is 5.82 Å². The molecule has 1 atom stereocenters. The lowest BCUT2D eigenvalue weighted by atomic mass is 9.99. The van der Waals surface area contributed by atoms with Crippen molar-refractivity contribution in [3.05, 3.63) is 23.4 Å². The van der Waals surface area contributed by atoms with Crippen molar-refractivity contribution in [2.75, 3.05) is 31.7 Å². The Kier molecular flexibility index (Phi) is 6.00. The van der Waals surface area contributed by atoms with Crippen molar-refractivity contribution in [1.29, 1.82) is 0 Å². The molecule has 0 spiro atoms. The van der Waals surface area contributed by atoms with Gasteiger partial charge >= 0.3 is 0 Å². The predicted octanol–water partition coefficient (Wildman–Crippen LogP) is 2.53. The van der Waals surface area contributed by atoms with Crippen LogP contribution in [0.15, 0.2) is 12.3 Å². The van der Waals surface area contributed by atoms with Crippen LogP contribution in [0.2, 0.25) is 0 Å². The highest BCUT2D eigenvalue weighted by Gasteiger charge is 2.17. The lowest BCUT2D eigenvalue weighted by Crippen LogP contribution is -2.30. The van der Waals surface area contributed by atoms with E-state index in [0.717, 1.165) is 57.2 Å². The quantitative estimate of drug-likeness (QED) is 0.875. The Labute approximate surface area is 128 Å². The molecule has 1 aliphatic heterocycles.